The predicted octanol–water partition coefficient (Wildman–Crippen LogP) is 0.745. The molecule has 0 aromatic carbocycles. The minimum absolute atomic E-state index is 0.0667. The molecular formula is C9H9N3O3. The molecule has 0 saturated carbocycles. The van der Waals surface area contributed by atoms with Gasteiger partial charge in [-0.2, -0.15) is 9.61 Å². The van der Waals surface area contributed by atoms with E-state index in [0.717, 1.165) is 0 Å². The van der Waals surface area contributed by atoms with E-state index in [1.165, 1.54) is 17.8 Å². The summed E-state index contributed by atoms with van der Waals surface area (Å²) in [7, 11) is 1.50. The number of ether oxygens (including phenoxy) is 1. The summed E-state index contributed by atoms with van der Waals surface area (Å²) in [4.78, 5) is 15.0. The van der Waals surface area contributed by atoms with Crippen molar-refractivity contribution in [3.05, 3.63) is 23.5 Å². The Labute approximate surface area is 85.1 Å². The summed E-state index contributed by atoms with van der Waals surface area (Å²) in [6.45, 7) is 1.77. The molecular weight excluding hydrogens is 198 g/mol. The molecule has 0 saturated heterocycles. The zero-order chi connectivity index (χ0) is 11.0. The van der Waals surface area contributed by atoms with Crippen molar-refractivity contribution in [2.75, 3.05) is 7.11 Å². The molecule has 0 fully saturated rings. The van der Waals surface area contributed by atoms with Gasteiger partial charge in [0.15, 0.2) is 5.65 Å². The van der Waals surface area contributed by atoms with Crippen molar-refractivity contribution < 1.29 is 14.6 Å². The maximum Gasteiger partial charge on any atom is 0.341 e. The highest BCUT2D eigenvalue weighted by Crippen LogP contribution is 2.16. The highest BCUT2D eigenvalue weighted by atomic mass is 16.5. The molecule has 2 heterocycles. The summed E-state index contributed by atoms with van der Waals surface area (Å²) in [6.07, 6.45) is 1.26. The first kappa shape index (κ1) is 9.45. The van der Waals surface area contributed by atoms with Crippen molar-refractivity contribution in [3.63, 3.8) is 0 Å². The highest BCUT2D eigenvalue weighted by molar-refractivity contribution is 5.94. The number of aromatic carboxylic acids is 1. The van der Waals surface area contributed by atoms with Gasteiger partial charge in [0.2, 0.25) is 5.88 Å². The van der Waals surface area contributed by atoms with Gasteiger partial charge in [-0.1, -0.05) is 0 Å². The largest absolute Gasteiger partial charge is 0.481 e. The van der Waals surface area contributed by atoms with Crippen LogP contribution in [0.4, 0.5) is 0 Å². The summed E-state index contributed by atoms with van der Waals surface area (Å²) in [5.74, 6) is -0.588. The lowest BCUT2D eigenvalue weighted by molar-refractivity contribution is 0.0699. The van der Waals surface area contributed by atoms with E-state index >= 15 is 0 Å². The van der Waals surface area contributed by atoms with Crippen molar-refractivity contribution in [2.24, 2.45) is 0 Å². The number of carboxylic acids is 1. The number of aryl methyl sites for hydroxylation is 1. The van der Waals surface area contributed by atoms with Crippen LogP contribution in [0.3, 0.4) is 0 Å². The number of nitrogens with zero attached hydrogens (tertiary/aromatic N) is 3. The zero-order valence-electron chi connectivity index (χ0n) is 8.26. The molecule has 2 aromatic heterocycles. The molecule has 6 nitrogen and oxygen atoms in total. The Hall–Kier alpha value is -2.11. The minimum Gasteiger partial charge on any atom is -0.481 e. The fourth-order valence-electron chi connectivity index (χ4n) is 1.35. The van der Waals surface area contributed by atoms with Crippen molar-refractivity contribution in [1.29, 1.82) is 0 Å². The lowest BCUT2D eigenvalue weighted by Crippen LogP contribution is -2.01. The van der Waals surface area contributed by atoms with Crippen LogP contribution in [-0.4, -0.2) is 32.8 Å². The number of hydrogen-bond acceptors (Lipinski definition) is 4. The molecule has 0 radical (unpaired) electrons. The van der Waals surface area contributed by atoms with Crippen LogP contribution in [0.5, 0.6) is 5.88 Å². The number of methoxy groups -OCH3 is 1. The topological polar surface area (TPSA) is 76.7 Å². The Kier molecular flexibility index (Phi) is 2.03. The third kappa shape index (κ3) is 1.39. The van der Waals surface area contributed by atoms with E-state index in [1.807, 2.05) is 0 Å². The average Bonchev–Trinajstić information content (AvgIpc) is 2.59. The Bertz CT molecular complexity index is 533. The van der Waals surface area contributed by atoms with E-state index in [9.17, 15) is 4.79 Å². The van der Waals surface area contributed by atoms with Gasteiger partial charge in [0.1, 0.15) is 5.56 Å². The quantitative estimate of drug-likeness (QED) is 0.786. The maximum atomic E-state index is 10.9. The normalized spacial score (nSPS) is 10.5. The lowest BCUT2D eigenvalue weighted by Gasteiger charge is -2.03. The second-order valence-electron chi connectivity index (χ2n) is 3.04. The third-order valence-corrected chi connectivity index (χ3v) is 2.01. The van der Waals surface area contributed by atoms with Crippen LogP contribution in [0.1, 0.15) is 16.1 Å². The van der Waals surface area contributed by atoms with Gasteiger partial charge in [-0.05, 0) is 6.92 Å². The molecule has 0 unspecified atom stereocenters. The van der Waals surface area contributed by atoms with Gasteiger partial charge in [-0.3, -0.25) is 0 Å². The minimum atomic E-state index is -1.05. The Morgan fingerprint density at radius 1 is 1.60 bits per heavy atom. The SMILES string of the molecule is COc1cc(C)nc2c(C(=O)O)cnn12. The summed E-state index contributed by atoms with van der Waals surface area (Å²) in [5.41, 5.74) is 1.04. The number of hydrogen-bond donors (Lipinski definition) is 1. The van der Waals surface area contributed by atoms with Gasteiger partial charge < -0.3 is 9.84 Å². The van der Waals surface area contributed by atoms with Gasteiger partial charge in [-0.25, -0.2) is 9.78 Å². The summed E-state index contributed by atoms with van der Waals surface area (Å²) >= 11 is 0. The average molecular weight is 207 g/mol. The molecule has 6 heteroatoms. The van der Waals surface area contributed by atoms with Crippen molar-refractivity contribution >= 4 is 11.6 Å². The molecule has 2 rings (SSSR count). The van der Waals surface area contributed by atoms with Crippen LogP contribution in [0.25, 0.3) is 5.65 Å². The fourth-order valence-corrected chi connectivity index (χ4v) is 1.35. The predicted molar refractivity (Wildman–Crippen MR) is 51.2 cm³/mol. The molecule has 15 heavy (non-hydrogen) atoms. The van der Waals surface area contributed by atoms with Gasteiger partial charge in [0, 0.05) is 11.8 Å². The summed E-state index contributed by atoms with van der Waals surface area (Å²) < 4.78 is 6.43. The summed E-state index contributed by atoms with van der Waals surface area (Å²) in [5, 5.41) is 12.8. The molecule has 0 bridgehead atoms. The number of rotatable bonds is 2. The second-order valence-corrected chi connectivity index (χ2v) is 3.04. The number of carboxylic acid groups (broad SMARTS) is 1. The van der Waals surface area contributed by atoms with E-state index < -0.39 is 5.97 Å². The highest BCUT2D eigenvalue weighted by Gasteiger charge is 2.15. The van der Waals surface area contributed by atoms with Crippen molar-refractivity contribution in [1.82, 2.24) is 14.6 Å². The Balaban J connectivity index is 2.80. The first-order valence-corrected chi connectivity index (χ1v) is 4.26. The van der Waals surface area contributed by atoms with Crippen LogP contribution in [0, 0.1) is 6.92 Å². The molecule has 0 aliphatic rings. The van der Waals surface area contributed by atoms with E-state index in [4.69, 9.17) is 9.84 Å². The van der Waals surface area contributed by atoms with Gasteiger partial charge >= 0.3 is 5.97 Å². The van der Waals surface area contributed by atoms with Gasteiger partial charge in [0.25, 0.3) is 0 Å². The van der Waals surface area contributed by atoms with Crippen molar-refractivity contribution in [2.45, 2.75) is 6.92 Å². The number of fused-ring (bicyclic) bond motifs is 1. The monoisotopic (exact) mass is 207 g/mol. The van der Waals surface area contributed by atoms with Gasteiger partial charge in [-0.15, -0.1) is 0 Å². The molecule has 2 aromatic rings. The summed E-state index contributed by atoms with van der Waals surface area (Å²) in [6, 6.07) is 1.69. The van der Waals surface area contributed by atoms with Gasteiger partial charge in [0.05, 0.1) is 13.3 Å². The first-order valence-electron chi connectivity index (χ1n) is 4.26. The van der Waals surface area contributed by atoms with E-state index in [2.05, 4.69) is 10.1 Å². The number of carbonyl (C=O) groups is 1. The molecule has 0 atom stereocenters. The van der Waals surface area contributed by atoms with Crippen LogP contribution < -0.4 is 4.74 Å². The zero-order valence-corrected chi connectivity index (χ0v) is 8.26. The second kappa shape index (κ2) is 3.23. The van der Waals surface area contributed by atoms with Crippen LogP contribution >= 0.6 is 0 Å². The third-order valence-electron chi connectivity index (χ3n) is 2.01. The first-order chi connectivity index (χ1) is 7.13. The molecule has 0 aliphatic heterocycles. The molecule has 1 N–H and O–H groups in total. The maximum absolute atomic E-state index is 10.9. The smallest absolute Gasteiger partial charge is 0.341 e. The lowest BCUT2D eigenvalue weighted by atomic mass is 10.3. The molecule has 0 aliphatic carbocycles. The van der Waals surface area contributed by atoms with Crippen LogP contribution in [0.15, 0.2) is 12.3 Å². The number of aromatic nitrogens is 3. The Morgan fingerprint density at radius 3 is 2.93 bits per heavy atom. The van der Waals surface area contributed by atoms with Crippen LogP contribution in [0.2, 0.25) is 0 Å². The van der Waals surface area contributed by atoms with Crippen LogP contribution in [-0.2, 0) is 0 Å². The van der Waals surface area contributed by atoms with E-state index in [1.54, 1.807) is 13.0 Å². The fraction of sp³-hybridized carbons (Fsp3) is 0.222. The van der Waals surface area contributed by atoms with E-state index in [0.29, 0.717) is 17.2 Å². The van der Waals surface area contributed by atoms with E-state index in [-0.39, 0.29) is 5.56 Å². The molecule has 0 spiro atoms. The van der Waals surface area contributed by atoms with Crippen molar-refractivity contribution in [3.8, 4) is 5.88 Å². The molecule has 78 valence electrons. The Morgan fingerprint density at radius 2 is 2.33 bits per heavy atom. The molecule has 0 amide bonds. The standard InChI is InChI=1S/C9H9N3O3/c1-5-3-7(15-2)12-8(11-5)6(4-10-12)9(13)14/h3-4H,1-2H3,(H,13,14).